The van der Waals surface area contributed by atoms with E-state index in [1.165, 1.54) is 0 Å². The predicted molar refractivity (Wildman–Crippen MR) is 88.6 cm³/mol. The van der Waals surface area contributed by atoms with E-state index in [1.54, 1.807) is 11.1 Å². The van der Waals surface area contributed by atoms with Crippen LogP contribution in [-0.2, 0) is 4.74 Å². The molecule has 7 heteroatoms. The normalized spacial score (nSPS) is 18.7. The minimum absolute atomic E-state index is 0.118. The zero-order valence-corrected chi connectivity index (χ0v) is 14.6. The van der Waals surface area contributed by atoms with Crippen molar-refractivity contribution in [1.29, 1.82) is 0 Å². The Hall–Kier alpha value is -1.82. The highest BCUT2D eigenvalue weighted by Crippen LogP contribution is 2.34. The molecule has 1 aliphatic heterocycles. The molecule has 0 aromatic carbocycles. The average molecular weight is 337 g/mol. The molecule has 2 aromatic heterocycles. The van der Waals surface area contributed by atoms with E-state index in [0.29, 0.717) is 11.7 Å². The number of likely N-dealkylation sites (tertiary alicyclic amines) is 1. The second-order valence-electron chi connectivity index (χ2n) is 6.91. The van der Waals surface area contributed by atoms with E-state index < -0.39 is 5.60 Å². The lowest BCUT2D eigenvalue weighted by Crippen LogP contribution is -2.36. The van der Waals surface area contributed by atoms with Gasteiger partial charge in [0.05, 0.1) is 11.6 Å². The number of nitrogens with one attached hydrogen (secondary N) is 1. The fourth-order valence-corrected chi connectivity index (χ4v) is 3.04. The highest BCUT2D eigenvalue weighted by atomic mass is 35.5. The van der Waals surface area contributed by atoms with Gasteiger partial charge in [-0.3, -0.25) is 4.90 Å². The van der Waals surface area contributed by atoms with Crippen molar-refractivity contribution in [3.05, 3.63) is 22.7 Å². The Morgan fingerprint density at radius 2 is 2.22 bits per heavy atom. The van der Waals surface area contributed by atoms with Gasteiger partial charge in [0.15, 0.2) is 5.15 Å². The smallest absolute Gasteiger partial charge is 0.410 e. The Balaban J connectivity index is 1.93. The maximum Gasteiger partial charge on any atom is 0.410 e. The lowest BCUT2D eigenvalue weighted by Gasteiger charge is -2.27. The molecule has 3 rings (SSSR count). The topological polar surface area (TPSA) is 71.1 Å². The molecule has 0 spiro atoms. The van der Waals surface area contributed by atoms with E-state index in [0.717, 1.165) is 35.3 Å². The van der Waals surface area contributed by atoms with E-state index in [2.05, 4.69) is 15.0 Å². The molecule has 0 unspecified atom stereocenters. The Bertz CT molecular complexity index is 711. The van der Waals surface area contributed by atoms with E-state index in [-0.39, 0.29) is 12.1 Å². The number of hydrogen-bond acceptors (Lipinski definition) is 4. The van der Waals surface area contributed by atoms with Gasteiger partial charge in [-0.25, -0.2) is 14.8 Å². The van der Waals surface area contributed by atoms with E-state index in [1.807, 2.05) is 27.7 Å². The van der Waals surface area contributed by atoms with Crippen LogP contribution in [-0.4, -0.2) is 38.1 Å². The Labute approximate surface area is 140 Å². The van der Waals surface area contributed by atoms with Crippen molar-refractivity contribution in [1.82, 2.24) is 19.9 Å². The first-order chi connectivity index (χ1) is 10.8. The zero-order valence-electron chi connectivity index (χ0n) is 13.8. The number of amides is 1. The standard InChI is InChI=1S/C16H21ClN4O2/c1-9-8-18-13(17)12-11(9)19-14(20-12)10-6-5-7-21(10)15(22)23-16(2,3)4/h8,10H,5-7H2,1-4H3,(H,19,20)/t10-/m1/s1. The molecule has 1 amide bonds. The SMILES string of the molecule is Cc1cnc(Cl)c2[nH]c([C@H]3CCCN3C(=O)OC(C)(C)C)nc12. The maximum atomic E-state index is 12.4. The first-order valence-electron chi connectivity index (χ1n) is 7.76. The molecular formula is C16H21ClN4O2. The van der Waals surface area contributed by atoms with E-state index in [4.69, 9.17) is 16.3 Å². The fourth-order valence-electron chi connectivity index (χ4n) is 2.85. The van der Waals surface area contributed by atoms with Gasteiger partial charge in [-0.15, -0.1) is 0 Å². The summed E-state index contributed by atoms with van der Waals surface area (Å²) in [6.45, 7) is 8.21. The van der Waals surface area contributed by atoms with Gasteiger partial charge in [-0.2, -0.15) is 0 Å². The molecule has 1 atom stereocenters. The third-order valence-corrected chi connectivity index (χ3v) is 4.16. The van der Waals surface area contributed by atoms with Gasteiger partial charge in [0.2, 0.25) is 0 Å². The van der Waals surface area contributed by atoms with Crippen LogP contribution in [0.15, 0.2) is 6.20 Å². The van der Waals surface area contributed by atoms with Crippen molar-refractivity contribution in [3.63, 3.8) is 0 Å². The molecule has 124 valence electrons. The maximum absolute atomic E-state index is 12.4. The molecule has 0 bridgehead atoms. The van der Waals surface area contributed by atoms with Crippen LogP contribution in [0.4, 0.5) is 4.79 Å². The highest BCUT2D eigenvalue weighted by Gasteiger charge is 2.35. The van der Waals surface area contributed by atoms with Crippen molar-refractivity contribution in [3.8, 4) is 0 Å². The number of imidazole rings is 1. The van der Waals surface area contributed by atoms with Crippen LogP contribution in [0.25, 0.3) is 11.0 Å². The summed E-state index contributed by atoms with van der Waals surface area (Å²) in [5, 5.41) is 0.395. The first-order valence-corrected chi connectivity index (χ1v) is 8.14. The van der Waals surface area contributed by atoms with Crippen molar-refractivity contribution in [2.24, 2.45) is 0 Å². The number of carbonyl (C=O) groups is 1. The largest absolute Gasteiger partial charge is 0.444 e. The molecule has 23 heavy (non-hydrogen) atoms. The quantitative estimate of drug-likeness (QED) is 0.799. The van der Waals surface area contributed by atoms with Gasteiger partial charge < -0.3 is 9.72 Å². The summed E-state index contributed by atoms with van der Waals surface area (Å²) in [7, 11) is 0. The summed E-state index contributed by atoms with van der Waals surface area (Å²) in [5.74, 6) is 0.737. The minimum atomic E-state index is -0.512. The fraction of sp³-hybridized carbons (Fsp3) is 0.562. The van der Waals surface area contributed by atoms with Crippen molar-refractivity contribution >= 4 is 28.7 Å². The minimum Gasteiger partial charge on any atom is -0.444 e. The van der Waals surface area contributed by atoms with Crippen molar-refractivity contribution in [2.45, 2.75) is 52.2 Å². The number of rotatable bonds is 1. The van der Waals surface area contributed by atoms with Crippen LogP contribution >= 0.6 is 11.6 Å². The van der Waals surface area contributed by atoms with Gasteiger partial charge >= 0.3 is 6.09 Å². The van der Waals surface area contributed by atoms with Gasteiger partial charge in [-0.05, 0) is 46.1 Å². The number of aryl methyl sites for hydroxylation is 1. The summed E-state index contributed by atoms with van der Waals surface area (Å²) < 4.78 is 5.50. The Morgan fingerprint density at radius 1 is 1.48 bits per heavy atom. The second-order valence-corrected chi connectivity index (χ2v) is 7.27. The molecule has 1 saturated heterocycles. The number of aromatic amines is 1. The molecule has 0 saturated carbocycles. The number of ether oxygens (including phenoxy) is 1. The molecule has 0 aliphatic carbocycles. The predicted octanol–water partition coefficient (Wildman–Crippen LogP) is 3.99. The van der Waals surface area contributed by atoms with Crippen LogP contribution in [0.3, 0.4) is 0 Å². The Kier molecular flexibility index (Phi) is 3.96. The third kappa shape index (κ3) is 3.13. The van der Waals surface area contributed by atoms with Crippen LogP contribution in [0, 0.1) is 6.92 Å². The Morgan fingerprint density at radius 3 is 2.87 bits per heavy atom. The summed E-state index contributed by atoms with van der Waals surface area (Å²) in [5.41, 5.74) is 1.96. The molecule has 1 N–H and O–H groups in total. The van der Waals surface area contributed by atoms with Crippen molar-refractivity contribution in [2.75, 3.05) is 6.54 Å². The summed E-state index contributed by atoms with van der Waals surface area (Å²) in [6.07, 6.45) is 3.17. The van der Waals surface area contributed by atoms with Crippen molar-refractivity contribution < 1.29 is 9.53 Å². The molecule has 1 fully saturated rings. The molecular weight excluding hydrogens is 316 g/mol. The molecule has 0 radical (unpaired) electrons. The van der Waals surface area contributed by atoms with Gasteiger partial charge in [0.1, 0.15) is 16.9 Å². The zero-order chi connectivity index (χ0) is 16.8. The molecule has 2 aromatic rings. The number of carbonyl (C=O) groups excluding carboxylic acids is 1. The van der Waals surface area contributed by atoms with Gasteiger partial charge in [0.25, 0.3) is 0 Å². The van der Waals surface area contributed by atoms with Crippen LogP contribution in [0.2, 0.25) is 5.15 Å². The lowest BCUT2D eigenvalue weighted by molar-refractivity contribution is 0.0219. The lowest BCUT2D eigenvalue weighted by atomic mass is 10.2. The van der Waals surface area contributed by atoms with E-state index >= 15 is 0 Å². The van der Waals surface area contributed by atoms with Crippen LogP contribution in [0.1, 0.15) is 51.0 Å². The summed E-state index contributed by atoms with van der Waals surface area (Å²) in [6, 6.07) is -0.118. The van der Waals surface area contributed by atoms with Crippen LogP contribution in [0.5, 0.6) is 0 Å². The number of H-pyrrole nitrogens is 1. The second kappa shape index (κ2) is 5.67. The van der Waals surface area contributed by atoms with Gasteiger partial charge in [0, 0.05) is 12.7 Å². The van der Waals surface area contributed by atoms with Crippen LogP contribution < -0.4 is 0 Å². The van der Waals surface area contributed by atoms with E-state index in [9.17, 15) is 4.79 Å². The third-order valence-electron chi connectivity index (χ3n) is 3.87. The molecule has 6 nitrogen and oxygen atoms in total. The number of fused-ring (bicyclic) bond motifs is 1. The number of halogens is 1. The molecule has 3 heterocycles. The number of aromatic nitrogens is 3. The highest BCUT2D eigenvalue weighted by molar-refractivity contribution is 6.33. The number of pyridine rings is 1. The van der Waals surface area contributed by atoms with Gasteiger partial charge in [-0.1, -0.05) is 11.6 Å². The summed E-state index contributed by atoms with van der Waals surface area (Å²) in [4.78, 5) is 26.2. The number of nitrogens with zero attached hydrogens (tertiary/aromatic N) is 3. The summed E-state index contributed by atoms with van der Waals surface area (Å²) >= 11 is 6.15. The molecule has 1 aliphatic rings. The first kappa shape index (κ1) is 16.1. The average Bonchev–Trinajstić information content (AvgIpc) is 3.07. The number of hydrogen-bond donors (Lipinski definition) is 1. The monoisotopic (exact) mass is 336 g/mol.